The number of thioether (sulfide) groups is 1. The van der Waals surface area contributed by atoms with Crippen LogP contribution in [0.5, 0.6) is 17.2 Å². The topological polar surface area (TPSA) is 77.1 Å². The third kappa shape index (κ3) is 4.70. The highest BCUT2D eigenvalue weighted by molar-refractivity contribution is 7.98. The average Bonchev–Trinajstić information content (AvgIpc) is 2.90. The molecule has 0 aromatic heterocycles. The van der Waals surface area contributed by atoms with Gasteiger partial charge >= 0.3 is 0 Å². The summed E-state index contributed by atoms with van der Waals surface area (Å²) in [5.41, 5.74) is 2.20. The molecule has 0 spiro atoms. The van der Waals surface area contributed by atoms with Crippen LogP contribution in [0.1, 0.15) is 33.4 Å². The molecule has 3 aromatic rings. The van der Waals surface area contributed by atoms with E-state index in [9.17, 15) is 9.59 Å². The van der Waals surface area contributed by atoms with E-state index in [4.69, 9.17) is 25.8 Å². The third-order valence-corrected chi connectivity index (χ3v) is 7.31. The van der Waals surface area contributed by atoms with Gasteiger partial charge in [0, 0.05) is 22.5 Å². The molecule has 0 aliphatic carbocycles. The van der Waals surface area contributed by atoms with Crippen LogP contribution in [0.3, 0.4) is 0 Å². The maximum atomic E-state index is 14.0. The fourth-order valence-electron chi connectivity index (χ4n) is 4.54. The first-order chi connectivity index (χ1) is 17.3. The van der Waals surface area contributed by atoms with E-state index in [1.54, 1.807) is 54.0 Å². The Morgan fingerprint density at radius 3 is 2.19 bits per heavy atom. The van der Waals surface area contributed by atoms with Gasteiger partial charge in [0.05, 0.1) is 39.0 Å². The van der Waals surface area contributed by atoms with Gasteiger partial charge in [-0.3, -0.25) is 9.59 Å². The molecule has 0 bridgehead atoms. The first kappa shape index (κ1) is 25.7. The second-order valence-electron chi connectivity index (χ2n) is 8.24. The number of fused-ring (bicyclic) bond motifs is 1. The zero-order chi connectivity index (χ0) is 26.0. The molecular formula is C27H27ClN2O5S. The second-order valence-corrected chi connectivity index (χ2v) is 9.56. The normalized spacial score (nSPS) is 16.8. The van der Waals surface area contributed by atoms with E-state index in [1.165, 1.54) is 21.3 Å². The molecule has 0 saturated heterocycles. The molecule has 9 heteroatoms. The van der Waals surface area contributed by atoms with Gasteiger partial charge in [0.1, 0.15) is 5.75 Å². The minimum Gasteiger partial charge on any atom is -0.495 e. The molecular weight excluding hydrogens is 500 g/mol. The van der Waals surface area contributed by atoms with Gasteiger partial charge in [-0.05, 0) is 59.8 Å². The van der Waals surface area contributed by atoms with Gasteiger partial charge in [-0.2, -0.15) is 0 Å². The Balaban J connectivity index is 1.89. The van der Waals surface area contributed by atoms with E-state index < -0.39 is 12.0 Å². The van der Waals surface area contributed by atoms with Gasteiger partial charge in [0.2, 0.25) is 5.91 Å². The standard InChI is InChI=1S/C27H27ClN2O5S/c1-30-25(15-6-9-17(36-5)10-7-15)24(26(31)29-20-12-16(28)8-11-21(20)33-2)18-13-22(34-3)23(35-4)14-19(18)27(30)32/h6-14,24-25H,1-5H3,(H,29,31). The van der Waals surface area contributed by atoms with E-state index in [0.717, 1.165) is 10.5 Å². The fourth-order valence-corrected chi connectivity index (χ4v) is 5.12. The SMILES string of the molecule is COc1ccc(Cl)cc1NC(=O)C1c2cc(OC)c(OC)cc2C(=O)N(C)C1c1ccc(SC)cc1. The van der Waals surface area contributed by atoms with Crippen molar-refractivity contribution in [2.24, 2.45) is 0 Å². The quantitative estimate of drug-likeness (QED) is 0.402. The molecule has 1 N–H and O–H groups in total. The number of carbonyl (C=O) groups excluding carboxylic acids is 2. The Morgan fingerprint density at radius 2 is 1.58 bits per heavy atom. The summed E-state index contributed by atoms with van der Waals surface area (Å²) >= 11 is 7.82. The molecule has 3 aromatic carbocycles. The molecule has 0 fully saturated rings. The second kappa shape index (κ2) is 10.7. The number of likely N-dealkylation sites (N-methyl/N-ethyl adjacent to an activating group) is 1. The van der Waals surface area contributed by atoms with Crippen molar-refractivity contribution in [2.75, 3.05) is 39.9 Å². The van der Waals surface area contributed by atoms with Crippen LogP contribution in [-0.2, 0) is 4.79 Å². The number of rotatable bonds is 7. The van der Waals surface area contributed by atoms with Crippen LogP contribution >= 0.6 is 23.4 Å². The molecule has 2 atom stereocenters. The molecule has 2 unspecified atom stereocenters. The summed E-state index contributed by atoms with van der Waals surface area (Å²) in [4.78, 5) is 30.2. The predicted octanol–water partition coefficient (Wildman–Crippen LogP) is 5.64. The number of nitrogens with zero attached hydrogens (tertiary/aromatic N) is 1. The third-order valence-electron chi connectivity index (χ3n) is 6.33. The highest BCUT2D eigenvalue weighted by atomic mass is 35.5. The van der Waals surface area contributed by atoms with Crippen molar-refractivity contribution in [3.05, 3.63) is 76.3 Å². The van der Waals surface area contributed by atoms with Gasteiger partial charge in [0.15, 0.2) is 11.5 Å². The van der Waals surface area contributed by atoms with Crippen molar-refractivity contribution in [3.8, 4) is 17.2 Å². The molecule has 188 valence electrons. The number of halogens is 1. The minimum atomic E-state index is -0.758. The largest absolute Gasteiger partial charge is 0.495 e. The molecule has 1 heterocycles. The molecule has 7 nitrogen and oxygen atoms in total. The summed E-state index contributed by atoms with van der Waals surface area (Å²) < 4.78 is 16.4. The van der Waals surface area contributed by atoms with Gasteiger partial charge < -0.3 is 24.4 Å². The molecule has 1 aliphatic heterocycles. The summed E-state index contributed by atoms with van der Waals surface area (Å²) in [5.74, 6) is 0.0315. The molecule has 0 saturated carbocycles. The highest BCUT2D eigenvalue weighted by Crippen LogP contribution is 2.46. The maximum Gasteiger partial charge on any atom is 0.254 e. The van der Waals surface area contributed by atoms with Gasteiger partial charge in [-0.25, -0.2) is 0 Å². The number of anilines is 1. The molecule has 36 heavy (non-hydrogen) atoms. The van der Waals surface area contributed by atoms with Crippen LogP contribution in [0.4, 0.5) is 5.69 Å². The Bertz CT molecular complexity index is 1300. The summed E-state index contributed by atoms with van der Waals surface area (Å²) in [5, 5.41) is 3.43. The summed E-state index contributed by atoms with van der Waals surface area (Å²) in [6.07, 6.45) is 2.00. The predicted molar refractivity (Wildman–Crippen MR) is 142 cm³/mol. The van der Waals surface area contributed by atoms with Crippen molar-refractivity contribution in [3.63, 3.8) is 0 Å². The van der Waals surface area contributed by atoms with Gasteiger partial charge in [0.25, 0.3) is 5.91 Å². The number of carbonyl (C=O) groups is 2. The van der Waals surface area contributed by atoms with Crippen molar-refractivity contribution in [1.82, 2.24) is 4.90 Å². The number of ether oxygens (including phenoxy) is 3. The first-order valence-corrected chi connectivity index (χ1v) is 12.7. The van der Waals surface area contributed by atoms with Crippen LogP contribution in [0.2, 0.25) is 5.02 Å². The lowest BCUT2D eigenvalue weighted by Crippen LogP contribution is -2.44. The number of hydrogen-bond acceptors (Lipinski definition) is 6. The van der Waals surface area contributed by atoms with E-state index in [0.29, 0.717) is 39.1 Å². The lowest BCUT2D eigenvalue weighted by molar-refractivity contribution is -0.119. The maximum absolute atomic E-state index is 14.0. The van der Waals surface area contributed by atoms with Gasteiger partial charge in [-0.15, -0.1) is 11.8 Å². The summed E-state index contributed by atoms with van der Waals surface area (Å²) in [6, 6.07) is 15.6. The number of methoxy groups -OCH3 is 3. The summed E-state index contributed by atoms with van der Waals surface area (Å²) in [7, 11) is 6.25. The smallest absolute Gasteiger partial charge is 0.254 e. The lowest BCUT2D eigenvalue weighted by Gasteiger charge is -2.40. The zero-order valence-electron chi connectivity index (χ0n) is 20.6. The lowest BCUT2D eigenvalue weighted by atomic mass is 9.79. The van der Waals surface area contributed by atoms with Crippen LogP contribution in [0.25, 0.3) is 0 Å². The number of nitrogens with one attached hydrogen (secondary N) is 1. The Labute approximate surface area is 219 Å². The fraction of sp³-hybridized carbons (Fsp3) is 0.259. The molecule has 0 radical (unpaired) electrons. The van der Waals surface area contributed by atoms with Crippen molar-refractivity contribution >= 4 is 40.9 Å². The van der Waals surface area contributed by atoms with Crippen molar-refractivity contribution in [1.29, 1.82) is 0 Å². The molecule has 1 aliphatic rings. The number of benzene rings is 3. The van der Waals surface area contributed by atoms with E-state index >= 15 is 0 Å². The summed E-state index contributed by atoms with van der Waals surface area (Å²) in [6.45, 7) is 0. The van der Waals surface area contributed by atoms with E-state index in [-0.39, 0.29) is 11.8 Å². The van der Waals surface area contributed by atoms with Crippen molar-refractivity contribution in [2.45, 2.75) is 16.9 Å². The Morgan fingerprint density at radius 1 is 0.944 bits per heavy atom. The molecule has 2 amide bonds. The van der Waals surface area contributed by atoms with Gasteiger partial charge in [-0.1, -0.05) is 23.7 Å². The van der Waals surface area contributed by atoms with Crippen LogP contribution in [0.15, 0.2) is 59.5 Å². The van der Waals surface area contributed by atoms with Crippen LogP contribution < -0.4 is 19.5 Å². The van der Waals surface area contributed by atoms with Crippen LogP contribution in [-0.4, -0.2) is 51.3 Å². The number of hydrogen-bond donors (Lipinski definition) is 1. The molecule has 4 rings (SSSR count). The van der Waals surface area contributed by atoms with Crippen LogP contribution in [0, 0.1) is 0 Å². The zero-order valence-corrected chi connectivity index (χ0v) is 22.2. The van der Waals surface area contributed by atoms with E-state index in [2.05, 4.69) is 5.32 Å². The average molecular weight is 527 g/mol. The van der Waals surface area contributed by atoms with E-state index in [1.807, 2.05) is 30.5 Å². The minimum absolute atomic E-state index is 0.214. The highest BCUT2D eigenvalue weighted by Gasteiger charge is 2.43. The van der Waals surface area contributed by atoms with Crippen molar-refractivity contribution < 1.29 is 23.8 Å². The Hall–Kier alpha value is -3.36. The monoisotopic (exact) mass is 526 g/mol. The Kier molecular flexibility index (Phi) is 7.66. The number of amides is 2. The first-order valence-electron chi connectivity index (χ1n) is 11.1.